The van der Waals surface area contributed by atoms with Gasteiger partial charge >= 0.3 is 6.18 Å². The highest BCUT2D eigenvalue weighted by Gasteiger charge is 2.30. The summed E-state index contributed by atoms with van der Waals surface area (Å²) in [7, 11) is 1.59. The average Bonchev–Trinajstić information content (AvgIpc) is 2.58. The highest BCUT2D eigenvalue weighted by atomic mass is 19.4. The summed E-state index contributed by atoms with van der Waals surface area (Å²) in [6.07, 6.45) is -3.69. The molecule has 0 aliphatic rings. The van der Waals surface area contributed by atoms with Crippen LogP contribution in [0.25, 0.3) is 11.1 Å². The summed E-state index contributed by atoms with van der Waals surface area (Å²) in [6.45, 7) is 1.01. The molecule has 0 atom stereocenters. The third kappa shape index (κ3) is 4.58. The fourth-order valence-corrected chi connectivity index (χ4v) is 2.29. The Bertz CT molecular complexity index is 681. The molecule has 0 spiro atoms. The van der Waals surface area contributed by atoms with Gasteiger partial charge in [0.25, 0.3) is 5.91 Å². The number of carbonyl (C=O) groups excluding carboxylic acids is 1. The molecule has 0 radical (unpaired) electrons. The van der Waals surface area contributed by atoms with E-state index in [1.165, 1.54) is 12.1 Å². The number of hydrogen-bond donors (Lipinski definition) is 1. The molecule has 0 aromatic heterocycles. The Labute approximate surface area is 138 Å². The van der Waals surface area contributed by atoms with Crippen molar-refractivity contribution in [1.82, 2.24) is 5.32 Å². The molecule has 0 fully saturated rings. The van der Waals surface area contributed by atoms with Crippen LogP contribution < -0.4 is 5.32 Å². The standard InChI is InChI=1S/C18H18F3NO2/c1-24-12-4-11-22-17(23)16-6-3-2-5-15(16)13-7-9-14(10-8-13)18(19,20)21/h2-3,5-10H,4,11-12H2,1H3,(H,22,23). The normalized spacial score (nSPS) is 11.3. The number of carbonyl (C=O) groups is 1. The number of benzene rings is 2. The highest BCUT2D eigenvalue weighted by Crippen LogP contribution is 2.31. The Kier molecular flexibility index (Phi) is 5.98. The van der Waals surface area contributed by atoms with E-state index in [0.29, 0.717) is 36.3 Å². The van der Waals surface area contributed by atoms with E-state index in [2.05, 4.69) is 5.32 Å². The zero-order chi connectivity index (χ0) is 17.6. The molecular formula is C18H18F3NO2. The van der Waals surface area contributed by atoms with Gasteiger partial charge in [-0.05, 0) is 35.7 Å². The summed E-state index contributed by atoms with van der Waals surface area (Å²) in [4.78, 5) is 12.3. The number of alkyl halides is 3. The van der Waals surface area contributed by atoms with Crippen molar-refractivity contribution in [3.8, 4) is 11.1 Å². The van der Waals surface area contributed by atoms with Crippen LogP contribution in [0.3, 0.4) is 0 Å². The molecule has 0 unspecified atom stereocenters. The van der Waals surface area contributed by atoms with E-state index in [9.17, 15) is 18.0 Å². The number of rotatable bonds is 6. The second-order valence-corrected chi connectivity index (χ2v) is 5.22. The molecule has 2 rings (SSSR count). The molecule has 2 aromatic rings. The van der Waals surface area contributed by atoms with Gasteiger partial charge in [-0.3, -0.25) is 4.79 Å². The molecular weight excluding hydrogens is 319 g/mol. The van der Waals surface area contributed by atoms with Crippen LogP contribution in [-0.2, 0) is 10.9 Å². The fourth-order valence-electron chi connectivity index (χ4n) is 2.29. The maximum absolute atomic E-state index is 12.7. The molecule has 1 N–H and O–H groups in total. The van der Waals surface area contributed by atoms with Crippen molar-refractivity contribution in [3.63, 3.8) is 0 Å². The van der Waals surface area contributed by atoms with Gasteiger partial charge in [-0.1, -0.05) is 30.3 Å². The van der Waals surface area contributed by atoms with E-state index in [1.54, 1.807) is 31.4 Å². The molecule has 0 aliphatic heterocycles. The number of amides is 1. The lowest BCUT2D eigenvalue weighted by Crippen LogP contribution is -2.25. The van der Waals surface area contributed by atoms with Gasteiger partial charge < -0.3 is 10.1 Å². The van der Waals surface area contributed by atoms with E-state index in [4.69, 9.17) is 4.74 Å². The van der Waals surface area contributed by atoms with Crippen molar-refractivity contribution in [1.29, 1.82) is 0 Å². The molecule has 1 amide bonds. The van der Waals surface area contributed by atoms with Gasteiger partial charge in [0.1, 0.15) is 0 Å². The van der Waals surface area contributed by atoms with Crippen LogP contribution >= 0.6 is 0 Å². The van der Waals surface area contributed by atoms with Crippen LogP contribution in [0, 0.1) is 0 Å². The monoisotopic (exact) mass is 337 g/mol. The van der Waals surface area contributed by atoms with Gasteiger partial charge in [0.05, 0.1) is 5.56 Å². The quantitative estimate of drug-likeness (QED) is 0.805. The maximum Gasteiger partial charge on any atom is 0.416 e. The summed E-state index contributed by atoms with van der Waals surface area (Å²) in [5, 5.41) is 2.78. The minimum Gasteiger partial charge on any atom is -0.385 e. The van der Waals surface area contributed by atoms with Crippen molar-refractivity contribution in [2.75, 3.05) is 20.3 Å². The molecule has 0 heterocycles. The molecule has 24 heavy (non-hydrogen) atoms. The SMILES string of the molecule is COCCCNC(=O)c1ccccc1-c1ccc(C(F)(F)F)cc1. The predicted octanol–water partition coefficient (Wildman–Crippen LogP) is 4.14. The van der Waals surface area contributed by atoms with Crippen LogP contribution in [0.4, 0.5) is 13.2 Å². The number of halogens is 3. The molecule has 3 nitrogen and oxygen atoms in total. The Morgan fingerprint density at radius 2 is 1.75 bits per heavy atom. The molecule has 0 bridgehead atoms. The predicted molar refractivity (Wildman–Crippen MR) is 85.7 cm³/mol. The van der Waals surface area contributed by atoms with Crippen LogP contribution in [0.1, 0.15) is 22.3 Å². The summed E-state index contributed by atoms with van der Waals surface area (Å²) >= 11 is 0. The van der Waals surface area contributed by atoms with Crippen molar-refractivity contribution < 1.29 is 22.7 Å². The summed E-state index contributed by atoms with van der Waals surface area (Å²) in [6, 6.07) is 11.6. The first-order valence-electron chi connectivity index (χ1n) is 7.47. The third-order valence-electron chi connectivity index (χ3n) is 3.51. The molecule has 6 heteroatoms. The minimum absolute atomic E-state index is 0.262. The lowest BCUT2D eigenvalue weighted by Gasteiger charge is -2.12. The Morgan fingerprint density at radius 1 is 1.08 bits per heavy atom. The Morgan fingerprint density at radius 3 is 2.38 bits per heavy atom. The molecule has 128 valence electrons. The maximum atomic E-state index is 12.7. The smallest absolute Gasteiger partial charge is 0.385 e. The Hall–Kier alpha value is -2.34. The second-order valence-electron chi connectivity index (χ2n) is 5.22. The van der Waals surface area contributed by atoms with Gasteiger partial charge in [0, 0.05) is 25.8 Å². The third-order valence-corrected chi connectivity index (χ3v) is 3.51. The van der Waals surface area contributed by atoms with Gasteiger partial charge in [-0.25, -0.2) is 0 Å². The molecule has 0 saturated heterocycles. The number of nitrogens with one attached hydrogen (secondary N) is 1. The van der Waals surface area contributed by atoms with Gasteiger partial charge in [-0.15, -0.1) is 0 Å². The first-order valence-corrected chi connectivity index (χ1v) is 7.47. The summed E-state index contributed by atoms with van der Waals surface area (Å²) < 4.78 is 42.9. The van der Waals surface area contributed by atoms with Crippen LogP contribution in [0.5, 0.6) is 0 Å². The fraction of sp³-hybridized carbons (Fsp3) is 0.278. The van der Waals surface area contributed by atoms with E-state index in [-0.39, 0.29) is 5.91 Å². The lowest BCUT2D eigenvalue weighted by molar-refractivity contribution is -0.137. The first-order chi connectivity index (χ1) is 11.4. The van der Waals surface area contributed by atoms with Crippen molar-refractivity contribution in [2.45, 2.75) is 12.6 Å². The van der Waals surface area contributed by atoms with Crippen LogP contribution in [-0.4, -0.2) is 26.2 Å². The van der Waals surface area contributed by atoms with Crippen LogP contribution in [0.15, 0.2) is 48.5 Å². The zero-order valence-electron chi connectivity index (χ0n) is 13.2. The lowest BCUT2D eigenvalue weighted by atomic mass is 9.98. The second kappa shape index (κ2) is 7.97. The van der Waals surface area contributed by atoms with E-state index < -0.39 is 11.7 Å². The van der Waals surface area contributed by atoms with Crippen molar-refractivity contribution in [3.05, 3.63) is 59.7 Å². The summed E-state index contributed by atoms with van der Waals surface area (Å²) in [5.74, 6) is -0.262. The molecule has 0 aliphatic carbocycles. The zero-order valence-corrected chi connectivity index (χ0v) is 13.2. The number of hydrogen-bond acceptors (Lipinski definition) is 2. The largest absolute Gasteiger partial charge is 0.416 e. The van der Waals surface area contributed by atoms with Crippen molar-refractivity contribution >= 4 is 5.91 Å². The molecule has 0 saturated carbocycles. The summed E-state index contributed by atoms with van der Waals surface area (Å²) in [5.41, 5.74) is 0.864. The van der Waals surface area contributed by atoms with E-state index >= 15 is 0 Å². The molecule has 2 aromatic carbocycles. The topological polar surface area (TPSA) is 38.3 Å². The highest BCUT2D eigenvalue weighted by molar-refractivity contribution is 6.00. The van der Waals surface area contributed by atoms with Gasteiger partial charge in [0.15, 0.2) is 0 Å². The Balaban J connectivity index is 2.21. The van der Waals surface area contributed by atoms with Crippen LogP contribution in [0.2, 0.25) is 0 Å². The van der Waals surface area contributed by atoms with E-state index in [0.717, 1.165) is 12.1 Å². The average molecular weight is 337 g/mol. The number of ether oxygens (including phenoxy) is 1. The van der Waals surface area contributed by atoms with Gasteiger partial charge in [-0.2, -0.15) is 13.2 Å². The van der Waals surface area contributed by atoms with Crippen molar-refractivity contribution in [2.24, 2.45) is 0 Å². The van der Waals surface area contributed by atoms with E-state index in [1.807, 2.05) is 0 Å². The number of methoxy groups -OCH3 is 1. The first kappa shape index (κ1) is 18.0. The minimum atomic E-state index is -4.38. The van der Waals surface area contributed by atoms with Gasteiger partial charge in [0.2, 0.25) is 0 Å².